The van der Waals surface area contributed by atoms with Gasteiger partial charge in [-0.2, -0.15) is 0 Å². The molecule has 1 amide bonds. The summed E-state index contributed by atoms with van der Waals surface area (Å²) < 4.78 is 1.40. The van der Waals surface area contributed by atoms with Gasteiger partial charge in [0.05, 0.1) is 12.7 Å². The number of aromatic nitrogens is 3. The molecule has 1 heterocycles. The van der Waals surface area contributed by atoms with Crippen LogP contribution in [-0.2, 0) is 11.3 Å². The standard InChI is InChI=1S/C13H22N4O3/c1-9(13(2,3)4)7-11(18)14-5-6-17-8-10(12(19)20)15-16-17/h8-9H,5-7H2,1-4H3,(H,14,18)(H,19,20). The quantitative estimate of drug-likeness (QED) is 0.816. The fourth-order valence-electron chi connectivity index (χ4n) is 1.47. The van der Waals surface area contributed by atoms with Gasteiger partial charge in [-0.25, -0.2) is 9.48 Å². The lowest BCUT2D eigenvalue weighted by Gasteiger charge is -2.26. The van der Waals surface area contributed by atoms with E-state index < -0.39 is 5.97 Å². The summed E-state index contributed by atoms with van der Waals surface area (Å²) in [6.45, 7) is 9.17. The Balaban J connectivity index is 2.33. The van der Waals surface area contributed by atoms with Crippen molar-refractivity contribution < 1.29 is 14.7 Å². The Kier molecular flexibility index (Phi) is 5.24. The van der Waals surface area contributed by atoms with Gasteiger partial charge in [0, 0.05) is 13.0 Å². The maximum absolute atomic E-state index is 11.8. The van der Waals surface area contributed by atoms with E-state index in [1.807, 2.05) is 0 Å². The van der Waals surface area contributed by atoms with Crippen LogP contribution in [0.2, 0.25) is 0 Å². The molecule has 0 bridgehead atoms. The molecule has 1 atom stereocenters. The molecule has 20 heavy (non-hydrogen) atoms. The Labute approximate surface area is 118 Å². The fraction of sp³-hybridized carbons (Fsp3) is 0.692. The second kappa shape index (κ2) is 6.49. The predicted octanol–water partition coefficient (Wildman–Crippen LogP) is 1.16. The third-order valence-corrected chi connectivity index (χ3v) is 3.39. The number of nitrogens with one attached hydrogen (secondary N) is 1. The second-order valence-corrected chi connectivity index (χ2v) is 5.99. The minimum absolute atomic E-state index is 0.00833. The first-order chi connectivity index (χ1) is 9.20. The number of hydrogen-bond acceptors (Lipinski definition) is 4. The van der Waals surface area contributed by atoms with Gasteiger partial charge < -0.3 is 10.4 Å². The molecule has 2 N–H and O–H groups in total. The molecule has 0 saturated heterocycles. The maximum Gasteiger partial charge on any atom is 0.358 e. The molecule has 0 aromatic carbocycles. The van der Waals surface area contributed by atoms with Gasteiger partial charge in [-0.15, -0.1) is 5.10 Å². The van der Waals surface area contributed by atoms with E-state index in [4.69, 9.17) is 5.11 Å². The summed E-state index contributed by atoms with van der Waals surface area (Å²) in [6, 6.07) is 0. The summed E-state index contributed by atoms with van der Waals surface area (Å²) in [6.07, 6.45) is 1.81. The van der Waals surface area contributed by atoms with Crippen LogP contribution in [0.5, 0.6) is 0 Å². The number of aromatic carboxylic acids is 1. The Hall–Kier alpha value is -1.92. The third kappa shape index (κ3) is 4.99. The lowest BCUT2D eigenvalue weighted by molar-refractivity contribution is -0.122. The van der Waals surface area contributed by atoms with Gasteiger partial charge in [-0.1, -0.05) is 32.9 Å². The van der Waals surface area contributed by atoms with Crippen molar-refractivity contribution in [3.63, 3.8) is 0 Å². The number of hydrogen-bond donors (Lipinski definition) is 2. The molecule has 112 valence electrons. The summed E-state index contributed by atoms with van der Waals surface area (Å²) in [7, 11) is 0. The molecule has 7 heteroatoms. The van der Waals surface area contributed by atoms with Gasteiger partial charge >= 0.3 is 5.97 Å². The van der Waals surface area contributed by atoms with Crippen LogP contribution in [0.3, 0.4) is 0 Å². The lowest BCUT2D eigenvalue weighted by Crippen LogP contribution is -2.31. The zero-order valence-corrected chi connectivity index (χ0v) is 12.4. The molecular weight excluding hydrogens is 260 g/mol. The topological polar surface area (TPSA) is 97.1 Å². The molecule has 0 aliphatic rings. The number of carboxylic acids is 1. The predicted molar refractivity (Wildman–Crippen MR) is 73.2 cm³/mol. The van der Waals surface area contributed by atoms with Gasteiger partial charge in [-0.05, 0) is 11.3 Å². The molecule has 0 fully saturated rings. The van der Waals surface area contributed by atoms with E-state index in [1.54, 1.807) is 0 Å². The van der Waals surface area contributed by atoms with Crippen molar-refractivity contribution in [2.75, 3.05) is 6.54 Å². The zero-order valence-electron chi connectivity index (χ0n) is 12.4. The van der Waals surface area contributed by atoms with Crippen LogP contribution in [0.4, 0.5) is 0 Å². The number of amides is 1. The van der Waals surface area contributed by atoms with E-state index in [0.29, 0.717) is 19.5 Å². The van der Waals surface area contributed by atoms with Crippen molar-refractivity contribution in [2.24, 2.45) is 11.3 Å². The number of carboxylic acid groups (broad SMARTS) is 1. The van der Waals surface area contributed by atoms with Gasteiger partial charge in [0.1, 0.15) is 0 Å². The van der Waals surface area contributed by atoms with Crippen molar-refractivity contribution >= 4 is 11.9 Å². The lowest BCUT2D eigenvalue weighted by atomic mass is 9.80. The highest BCUT2D eigenvalue weighted by atomic mass is 16.4. The van der Waals surface area contributed by atoms with E-state index in [0.717, 1.165) is 0 Å². The molecule has 1 aromatic rings. The Morgan fingerprint density at radius 1 is 1.45 bits per heavy atom. The van der Waals surface area contributed by atoms with Crippen LogP contribution in [0.25, 0.3) is 0 Å². The average Bonchev–Trinajstić information content (AvgIpc) is 2.76. The first kappa shape index (κ1) is 16.1. The highest BCUT2D eigenvalue weighted by Gasteiger charge is 2.22. The largest absolute Gasteiger partial charge is 0.476 e. The summed E-state index contributed by atoms with van der Waals surface area (Å²) in [5.41, 5.74) is -0.00251. The molecule has 0 spiro atoms. The first-order valence-electron chi connectivity index (χ1n) is 6.60. The summed E-state index contributed by atoms with van der Waals surface area (Å²) in [5.74, 6) is -0.835. The average molecular weight is 282 g/mol. The number of rotatable bonds is 6. The van der Waals surface area contributed by atoms with E-state index >= 15 is 0 Å². The van der Waals surface area contributed by atoms with Crippen molar-refractivity contribution in [1.82, 2.24) is 20.3 Å². The van der Waals surface area contributed by atoms with Gasteiger partial charge in [-0.3, -0.25) is 4.79 Å². The van der Waals surface area contributed by atoms with Crippen LogP contribution >= 0.6 is 0 Å². The fourth-order valence-corrected chi connectivity index (χ4v) is 1.47. The van der Waals surface area contributed by atoms with E-state index in [2.05, 4.69) is 43.3 Å². The molecular formula is C13H22N4O3. The Bertz CT molecular complexity index is 476. The van der Waals surface area contributed by atoms with Gasteiger partial charge in [0.15, 0.2) is 5.69 Å². The Morgan fingerprint density at radius 2 is 2.10 bits per heavy atom. The molecule has 0 aliphatic carbocycles. The summed E-state index contributed by atoms with van der Waals surface area (Å²) in [5, 5.41) is 18.7. The Morgan fingerprint density at radius 3 is 2.60 bits per heavy atom. The molecule has 1 aromatic heterocycles. The minimum Gasteiger partial charge on any atom is -0.476 e. The van der Waals surface area contributed by atoms with E-state index in [1.165, 1.54) is 10.9 Å². The molecule has 7 nitrogen and oxygen atoms in total. The first-order valence-corrected chi connectivity index (χ1v) is 6.60. The van der Waals surface area contributed by atoms with Crippen LogP contribution in [-0.4, -0.2) is 38.5 Å². The molecule has 1 rings (SSSR count). The second-order valence-electron chi connectivity index (χ2n) is 5.99. The zero-order chi connectivity index (χ0) is 15.3. The van der Waals surface area contributed by atoms with E-state index in [-0.39, 0.29) is 22.9 Å². The SMILES string of the molecule is CC(CC(=O)NCCn1cc(C(=O)O)nn1)C(C)(C)C. The summed E-state index contributed by atoms with van der Waals surface area (Å²) in [4.78, 5) is 22.4. The molecule has 0 radical (unpaired) electrons. The number of carbonyl (C=O) groups is 2. The third-order valence-electron chi connectivity index (χ3n) is 3.39. The van der Waals surface area contributed by atoms with Crippen molar-refractivity contribution in [3.8, 4) is 0 Å². The summed E-state index contributed by atoms with van der Waals surface area (Å²) >= 11 is 0. The van der Waals surface area contributed by atoms with Crippen molar-refractivity contribution in [1.29, 1.82) is 0 Å². The normalized spacial score (nSPS) is 13.0. The highest BCUT2D eigenvalue weighted by molar-refractivity contribution is 5.84. The van der Waals surface area contributed by atoms with Crippen LogP contribution in [0.15, 0.2) is 6.20 Å². The minimum atomic E-state index is -1.11. The van der Waals surface area contributed by atoms with Gasteiger partial charge in [0.2, 0.25) is 5.91 Å². The molecule has 1 unspecified atom stereocenters. The number of nitrogens with zero attached hydrogens (tertiary/aromatic N) is 3. The maximum atomic E-state index is 11.8. The van der Waals surface area contributed by atoms with Crippen LogP contribution in [0, 0.1) is 11.3 Å². The highest BCUT2D eigenvalue weighted by Crippen LogP contribution is 2.27. The van der Waals surface area contributed by atoms with Crippen LogP contribution < -0.4 is 5.32 Å². The monoisotopic (exact) mass is 282 g/mol. The molecule has 0 aliphatic heterocycles. The van der Waals surface area contributed by atoms with E-state index in [9.17, 15) is 9.59 Å². The van der Waals surface area contributed by atoms with Crippen molar-refractivity contribution in [2.45, 2.75) is 40.7 Å². The van der Waals surface area contributed by atoms with Crippen molar-refractivity contribution in [3.05, 3.63) is 11.9 Å². The smallest absolute Gasteiger partial charge is 0.358 e. The molecule has 0 saturated carbocycles. The van der Waals surface area contributed by atoms with Gasteiger partial charge in [0.25, 0.3) is 0 Å². The number of carbonyl (C=O) groups excluding carboxylic acids is 1. The van der Waals surface area contributed by atoms with Crippen LogP contribution in [0.1, 0.15) is 44.6 Å².